The Morgan fingerprint density at radius 2 is 0.611 bits per heavy atom. The van der Waals surface area contributed by atoms with Crippen molar-refractivity contribution < 1.29 is 46.0 Å². The molecule has 0 bridgehead atoms. The molecule has 18 heavy (non-hydrogen) atoms. The van der Waals surface area contributed by atoms with E-state index in [1.54, 1.807) is 0 Å². The van der Waals surface area contributed by atoms with Gasteiger partial charge in [-0.25, -0.2) is 0 Å². The summed E-state index contributed by atoms with van der Waals surface area (Å²) in [5.41, 5.74) is 0. The minimum absolute atomic E-state index is 0.125. The van der Waals surface area contributed by atoms with Gasteiger partial charge in [0.1, 0.15) is 6.10 Å². The van der Waals surface area contributed by atoms with Crippen LogP contribution < -0.4 is 0 Å². The summed E-state index contributed by atoms with van der Waals surface area (Å²) < 4.78 is 0. The minimum atomic E-state index is -0.954. The molecular formula is C9H26O9. The molecule has 116 valence electrons. The molecule has 9 nitrogen and oxygen atoms in total. The van der Waals surface area contributed by atoms with Crippen molar-refractivity contribution in [2.75, 3.05) is 52.9 Å². The summed E-state index contributed by atoms with van der Waals surface area (Å²) in [4.78, 5) is 0. The molecule has 0 aliphatic carbocycles. The topological polar surface area (TPSA) is 182 Å². The summed E-state index contributed by atoms with van der Waals surface area (Å²) in [5, 5.41) is 69.8. The maximum absolute atomic E-state index is 8.17. The molecule has 0 aromatic rings. The van der Waals surface area contributed by atoms with Crippen LogP contribution in [0.4, 0.5) is 0 Å². The zero-order chi connectivity index (χ0) is 15.2. The van der Waals surface area contributed by atoms with E-state index < -0.39 is 6.10 Å². The summed E-state index contributed by atoms with van der Waals surface area (Å²) in [6, 6.07) is 0. The lowest BCUT2D eigenvalue weighted by molar-refractivity contribution is 0.0450. The molecule has 9 N–H and O–H groups in total. The van der Waals surface area contributed by atoms with Gasteiger partial charge in [0.25, 0.3) is 0 Å². The molecule has 0 aromatic carbocycles. The van der Waals surface area contributed by atoms with Crippen LogP contribution in [-0.2, 0) is 0 Å². The Labute approximate surface area is 106 Å². The first-order chi connectivity index (χ1) is 8.55. The fourth-order valence-electron chi connectivity index (χ4n) is 0.0577. The van der Waals surface area contributed by atoms with Crippen molar-refractivity contribution in [3.8, 4) is 0 Å². The molecule has 0 radical (unpaired) electrons. The SMILES string of the molecule is OCC(O)CO.OCCO.OCCO.OCCO. The van der Waals surface area contributed by atoms with Gasteiger partial charge in [0, 0.05) is 0 Å². The third-order valence-electron chi connectivity index (χ3n) is 0.721. The Morgan fingerprint density at radius 3 is 0.611 bits per heavy atom. The van der Waals surface area contributed by atoms with Crippen LogP contribution in [0.15, 0.2) is 0 Å². The van der Waals surface area contributed by atoms with Crippen molar-refractivity contribution in [3.63, 3.8) is 0 Å². The Kier molecular flexibility index (Phi) is 52.4. The number of rotatable bonds is 5. The monoisotopic (exact) mass is 278 g/mol. The van der Waals surface area contributed by atoms with E-state index in [0.717, 1.165) is 0 Å². The molecule has 0 aliphatic heterocycles. The number of aliphatic hydroxyl groups is 9. The summed E-state index contributed by atoms with van der Waals surface area (Å²) in [6.07, 6.45) is -0.954. The maximum Gasteiger partial charge on any atom is 0.100 e. The van der Waals surface area contributed by atoms with Gasteiger partial charge < -0.3 is 46.0 Å². The molecule has 0 saturated heterocycles. The second-order valence-electron chi connectivity index (χ2n) is 2.36. The van der Waals surface area contributed by atoms with E-state index in [1.807, 2.05) is 0 Å². The molecule has 0 rings (SSSR count). The Morgan fingerprint density at radius 1 is 0.444 bits per heavy atom. The van der Waals surface area contributed by atoms with E-state index in [-0.39, 0.29) is 52.9 Å². The molecule has 0 aliphatic rings. The number of hydrogen-bond acceptors (Lipinski definition) is 9. The first-order valence-corrected chi connectivity index (χ1v) is 5.10. The number of aliphatic hydroxyl groups excluding tert-OH is 9. The van der Waals surface area contributed by atoms with Gasteiger partial charge in [0.05, 0.1) is 52.9 Å². The zero-order valence-corrected chi connectivity index (χ0v) is 10.3. The zero-order valence-electron chi connectivity index (χ0n) is 10.3. The van der Waals surface area contributed by atoms with Gasteiger partial charge >= 0.3 is 0 Å². The third kappa shape index (κ3) is 76.0. The minimum Gasteiger partial charge on any atom is -0.394 e. The fourth-order valence-corrected chi connectivity index (χ4v) is 0.0577. The highest BCUT2D eigenvalue weighted by molar-refractivity contribution is 4.44. The van der Waals surface area contributed by atoms with E-state index in [1.165, 1.54) is 0 Å². The van der Waals surface area contributed by atoms with Crippen molar-refractivity contribution in [2.45, 2.75) is 6.10 Å². The highest BCUT2D eigenvalue weighted by atomic mass is 16.3. The van der Waals surface area contributed by atoms with E-state index >= 15 is 0 Å². The second kappa shape index (κ2) is 36.0. The summed E-state index contributed by atoms with van der Waals surface area (Å²) in [6.45, 7) is -1.48. The van der Waals surface area contributed by atoms with E-state index in [0.29, 0.717) is 0 Å². The van der Waals surface area contributed by atoms with Crippen LogP contribution in [0.1, 0.15) is 0 Å². The molecule has 0 unspecified atom stereocenters. The van der Waals surface area contributed by atoms with Crippen molar-refractivity contribution in [2.24, 2.45) is 0 Å². The summed E-state index contributed by atoms with van der Waals surface area (Å²) in [5.74, 6) is 0. The molecular weight excluding hydrogens is 252 g/mol. The van der Waals surface area contributed by atoms with Crippen LogP contribution in [-0.4, -0.2) is 105 Å². The van der Waals surface area contributed by atoms with Crippen LogP contribution in [0, 0.1) is 0 Å². The average molecular weight is 278 g/mol. The van der Waals surface area contributed by atoms with Gasteiger partial charge in [-0.15, -0.1) is 0 Å². The smallest absolute Gasteiger partial charge is 0.100 e. The molecule has 9 heteroatoms. The van der Waals surface area contributed by atoms with E-state index in [9.17, 15) is 0 Å². The summed E-state index contributed by atoms with van der Waals surface area (Å²) >= 11 is 0. The first-order valence-electron chi connectivity index (χ1n) is 5.10. The Hall–Kier alpha value is -0.360. The average Bonchev–Trinajstić information content (AvgIpc) is 2.46. The lowest BCUT2D eigenvalue weighted by Gasteiger charge is -1.96. The van der Waals surface area contributed by atoms with Gasteiger partial charge in [-0.3, -0.25) is 0 Å². The molecule has 0 heterocycles. The number of hydrogen-bond donors (Lipinski definition) is 9. The predicted octanol–water partition coefficient (Wildman–Crippen LogP) is -4.76. The lowest BCUT2D eigenvalue weighted by Crippen LogP contribution is -2.15. The second-order valence-corrected chi connectivity index (χ2v) is 2.36. The van der Waals surface area contributed by atoms with Crippen LogP contribution in [0.2, 0.25) is 0 Å². The molecule has 0 atom stereocenters. The van der Waals surface area contributed by atoms with Crippen LogP contribution in [0.25, 0.3) is 0 Å². The Bertz CT molecular complexity index is 74.6. The normalized spacial score (nSPS) is 8.33. The highest BCUT2D eigenvalue weighted by Crippen LogP contribution is 1.71. The van der Waals surface area contributed by atoms with Gasteiger partial charge in [-0.05, 0) is 0 Å². The van der Waals surface area contributed by atoms with Crippen LogP contribution in [0.3, 0.4) is 0 Å². The highest BCUT2D eigenvalue weighted by Gasteiger charge is 1.93. The maximum atomic E-state index is 8.17. The molecule has 0 amide bonds. The van der Waals surface area contributed by atoms with Gasteiger partial charge in [-0.2, -0.15) is 0 Å². The largest absolute Gasteiger partial charge is 0.394 e. The van der Waals surface area contributed by atoms with Gasteiger partial charge in [0.2, 0.25) is 0 Å². The van der Waals surface area contributed by atoms with E-state index in [4.69, 9.17) is 46.0 Å². The van der Waals surface area contributed by atoms with Crippen molar-refractivity contribution in [1.29, 1.82) is 0 Å². The lowest BCUT2D eigenvalue weighted by atomic mass is 10.4. The predicted molar refractivity (Wildman–Crippen MR) is 62.7 cm³/mol. The standard InChI is InChI=1S/C3H8O3.3C2H6O2/c4-1-3(6)2-5;3*3-1-2-4/h3-6H,1-2H2;3*3-4H,1-2H2. The van der Waals surface area contributed by atoms with Crippen LogP contribution >= 0.6 is 0 Å². The van der Waals surface area contributed by atoms with Crippen molar-refractivity contribution >= 4 is 0 Å². The quantitative estimate of drug-likeness (QED) is 0.238. The first kappa shape index (κ1) is 26.3. The van der Waals surface area contributed by atoms with Gasteiger partial charge in [0.15, 0.2) is 0 Å². The molecule has 0 saturated carbocycles. The Balaban J connectivity index is -0.0000000742. The van der Waals surface area contributed by atoms with Gasteiger partial charge in [-0.1, -0.05) is 0 Å². The van der Waals surface area contributed by atoms with E-state index in [2.05, 4.69) is 0 Å². The molecule has 0 aromatic heterocycles. The fraction of sp³-hybridized carbons (Fsp3) is 1.00. The van der Waals surface area contributed by atoms with Crippen LogP contribution in [0.5, 0.6) is 0 Å². The summed E-state index contributed by atoms with van der Waals surface area (Å²) in [7, 11) is 0. The molecule has 0 spiro atoms. The van der Waals surface area contributed by atoms with Crippen molar-refractivity contribution in [3.05, 3.63) is 0 Å². The molecule has 0 fully saturated rings. The third-order valence-corrected chi connectivity index (χ3v) is 0.721. The van der Waals surface area contributed by atoms with Crippen molar-refractivity contribution in [1.82, 2.24) is 0 Å².